The lowest BCUT2D eigenvalue weighted by molar-refractivity contribution is 0.0735. The van der Waals surface area contributed by atoms with Gasteiger partial charge in [0.2, 0.25) is 10.0 Å². The molecule has 1 aliphatic rings. The Morgan fingerprint density at radius 1 is 1.20 bits per heavy atom. The Bertz CT molecular complexity index is 804. The number of hydrogen-bond acceptors (Lipinski definition) is 5. The number of piperazine rings is 1. The van der Waals surface area contributed by atoms with Crippen molar-refractivity contribution in [3.63, 3.8) is 0 Å². The van der Waals surface area contributed by atoms with Crippen LogP contribution in [0.5, 0.6) is 0 Å². The molecule has 2 aromatic rings. The third-order valence-electron chi connectivity index (χ3n) is 3.81. The summed E-state index contributed by atoms with van der Waals surface area (Å²) in [6.45, 7) is 3.02. The van der Waals surface area contributed by atoms with E-state index in [0.717, 1.165) is 18.0 Å². The second kappa shape index (κ2) is 8.77. The summed E-state index contributed by atoms with van der Waals surface area (Å²) >= 11 is 1.49. The molecule has 25 heavy (non-hydrogen) atoms. The molecule has 0 aliphatic carbocycles. The monoisotopic (exact) mass is 401 g/mol. The number of rotatable bonds is 5. The lowest BCUT2D eigenvalue weighted by Gasteiger charge is -2.27. The maximum atomic E-state index is 12.5. The molecule has 0 unspecified atom stereocenters. The van der Waals surface area contributed by atoms with Crippen LogP contribution >= 0.6 is 23.7 Å². The number of nitrogens with one attached hydrogen (secondary N) is 2. The maximum absolute atomic E-state index is 12.5. The first-order chi connectivity index (χ1) is 11.6. The molecule has 3 rings (SSSR count). The molecule has 1 aliphatic heterocycles. The lowest BCUT2D eigenvalue weighted by Crippen LogP contribution is -2.46. The van der Waals surface area contributed by atoms with Gasteiger partial charge in [-0.1, -0.05) is 12.1 Å². The summed E-state index contributed by atoms with van der Waals surface area (Å²) in [5.41, 5.74) is 0.399. The highest BCUT2D eigenvalue weighted by molar-refractivity contribution is 7.89. The van der Waals surface area contributed by atoms with Crippen LogP contribution in [0.1, 0.15) is 15.2 Å². The molecule has 0 atom stereocenters. The van der Waals surface area contributed by atoms with Crippen molar-refractivity contribution in [3.8, 4) is 0 Å². The van der Waals surface area contributed by atoms with Crippen LogP contribution in [0.4, 0.5) is 0 Å². The predicted molar refractivity (Wildman–Crippen MR) is 101 cm³/mol. The molecule has 1 aromatic heterocycles. The van der Waals surface area contributed by atoms with Crippen LogP contribution in [-0.4, -0.2) is 45.4 Å². The van der Waals surface area contributed by atoms with E-state index in [0.29, 0.717) is 18.7 Å². The Morgan fingerprint density at radius 3 is 2.64 bits per heavy atom. The van der Waals surface area contributed by atoms with Crippen molar-refractivity contribution < 1.29 is 13.2 Å². The van der Waals surface area contributed by atoms with Gasteiger partial charge in [0.1, 0.15) is 0 Å². The Kier molecular flexibility index (Phi) is 6.97. The maximum Gasteiger partial charge on any atom is 0.253 e. The number of sulfonamides is 1. The lowest BCUT2D eigenvalue weighted by atomic mass is 10.2. The van der Waals surface area contributed by atoms with Gasteiger partial charge in [-0.3, -0.25) is 4.79 Å². The summed E-state index contributed by atoms with van der Waals surface area (Å²) in [7, 11) is -3.65. The number of nitrogens with zero attached hydrogens (tertiary/aromatic N) is 1. The van der Waals surface area contributed by atoms with Crippen molar-refractivity contribution >= 4 is 39.7 Å². The summed E-state index contributed by atoms with van der Waals surface area (Å²) in [5, 5.41) is 5.09. The molecule has 0 bridgehead atoms. The summed E-state index contributed by atoms with van der Waals surface area (Å²) in [6, 6.07) is 9.96. The zero-order chi connectivity index (χ0) is 17.0. The molecule has 136 valence electrons. The van der Waals surface area contributed by atoms with E-state index in [9.17, 15) is 13.2 Å². The first-order valence-corrected chi connectivity index (χ1v) is 10.0. The normalized spacial score (nSPS) is 14.8. The van der Waals surface area contributed by atoms with E-state index >= 15 is 0 Å². The molecule has 1 amide bonds. The molecule has 1 saturated heterocycles. The van der Waals surface area contributed by atoms with Crippen molar-refractivity contribution in [2.45, 2.75) is 11.4 Å². The molecule has 0 spiro atoms. The molecule has 2 heterocycles. The van der Waals surface area contributed by atoms with Crippen molar-refractivity contribution in [3.05, 3.63) is 52.2 Å². The van der Waals surface area contributed by atoms with Gasteiger partial charge in [-0.05, 0) is 29.6 Å². The molecular formula is C16H20ClN3O3S2. The van der Waals surface area contributed by atoms with Gasteiger partial charge in [0.25, 0.3) is 5.91 Å². The summed E-state index contributed by atoms with van der Waals surface area (Å²) in [4.78, 5) is 15.3. The van der Waals surface area contributed by atoms with E-state index < -0.39 is 10.0 Å². The third kappa shape index (κ3) is 5.02. The van der Waals surface area contributed by atoms with E-state index in [2.05, 4.69) is 10.0 Å². The number of hydrogen-bond donors (Lipinski definition) is 2. The SMILES string of the molecule is Cl.O=C(c1cccc(S(=O)(=O)NCc2cccs2)c1)N1CCNCC1. The fourth-order valence-electron chi connectivity index (χ4n) is 2.51. The highest BCUT2D eigenvalue weighted by atomic mass is 35.5. The van der Waals surface area contributed by atoms with Crippen LogP contribution in [-0.2, 0) is 16.6 Å². The van der Waals surface area contributed by atoms with Crippen molar-refractivity contribution in [2.24, 2.45) is 0 Å². The standard InChI is InChI=1S/C16H19N3O3S2.ClH/c20-16(19-8-6-17-7-9-19)13-3-1-5-15(11-13)24(21,22)18-12-14-4-2-10-23-14;/h1-5,10-11,17-18H,6-9,12H2;1H. The topological polar surface area (TPSA) is 78.5 Å². The summed E-state index contributed by atoms with van der Waals surface area (Å²) in [5.74, 6) is -0.133. The Balaban J connectivity index is 0.00000225. The minimum atomic E-state index is -3.65. The van der Waals surface area contributed by atoms with Crippen LogP contribution in [0.3, 0.4) is 0 Å². The van der Waals surface area contributed by atoms with E-state index in [-0.39, 0.29) is 29.8 Å². The van der Waals surface area contributed by atoms with E-state index in [1.165, 1.54) is 23.5 Å². The quantitative estimate of drug-likeness (QED) is 0.799. The average Bonchev–Trinajstić information content (AvgIpc) is 3.14. The first kappa shape index (κ1) is 19.9. The van der Waals surface area contributed by atoms with Gasteiger partial charge in [0.15, 0.2) is 0 Å². The number of carbonyl (C=O) groups excluding carboxylic acids is 1. The molecular weight excluding hydrogens is 382 g/mol. The highest BCUT2D eigenvalue weighted by Crippen LogP contribution is 2.15. The molecule has 2 N–H and O–H groups in total. The van der Waals surface area contributed by atoms with Gasteiger partial charge < -0.3 is 10.2 Å². The Hall–Kier alpha value is -1.45. The highest BCUT2D eigenvalue weighted by Gasteiger charge is 2.20. The molecule has 9 heteroatoms. The van der Waals surface area contributed by atoms with Crippen LogP contribution in [0.2, 0.25) is 0 Å². The average molecular weight is 402 g/mol. The van der Waals surface area contributed by atoms with Gasteiger partial charge in [-0.15, -0.1) is 23.7 Å². The second-order valence-corrected chi connectivity index (χ2v) is 8.27. The van der Waals surface area contributed by atoms with Crippen LogP contribution in [0.15, 0.2) is 46.7 Å². The zero-order valence-electron chi connectivity index (χ0n) is 13.5. The summed E-state index contributed by atoms with van der Waals surface area (Å²) < 4.78 is 27.4. The fourth-order valence-corrected chi connectivity index (χ4v) is 4.30. The number of benzene rings is 1. The van der Waals surface area contributed by atoms with E-state index in [1.807, 2.05) is 17.5 Å². The molecule has 1 aromatic carbocycles. The molecule has 0 saturated carbocycles. The van der Waals surface area contributed by atoms with Crippen LogP contribution in [0, 0.1) is 0 Å². The minimum absolute atomic E-state index is 0. The number of carbonyl (C=O) groups is 1. The summed E-state index contributed by atoms with van der Waals surface area (Å²) in [6.07, 6.45) is 0. The molecule has 6 nitrogen and oxygen atoms in total. The van der Waals surface area contributed by atoms with Gasteiger partial charge in [-0.2, -0.15) is 0 Å². The fraction of sp³-hybridized carbons (Fsp3) is 0.312. The van der Waals surface area contributed by atoms with Gasteiger partial charge >= 0.3 is 0 Å². The second-order valence-electron chi connectivity index (χ2n) is 5.47. The van der Waals surface area contributed by atoms with Crippen LogP contribution < -0.4 is 10.0 Å². The van der Waals surface area contributed by atoms with Gasteiger partial charge in [-0.25, -0.2) is 13.1 Å². The van der Waals surface area contributed by atoms with Gasteiger partial charge in [0, 0.05) is 43.2 Å². The molecule has 1 fully saturated rings. The smallest absolute Gasteiger partial charge is 0.253 e. The minimum Gasteiger partial charge on any atom is -0.336 e. The predicted octanol–water partition coefficient (Wildman–Crippen LogP) is 1.69. The Morgan fingerprint density at radius 2 is 1.96 bits per heavy atom. The van der Waals surface area contributed by atoms with Crippen LogP contribution in [0.25, 0.3) is 0 Å². The van der Waals surface area contributed by atoms with E-state index in [4.69, 9.17) is 0 Å². The van der Waals surface area contributed by atoms with Crippen molar-refractivity contribution in [1.82, 2.24) is 14.9 Å². The largest absolute Gasteiger partial charge is 0.336 e. The number of thiophene rings is 1. The third-order valence-corrected chi connectivity index (χ3v) is 6.09. The van der Waals surface area contributed by atoms with E-state index in [1.54, 1.807) is 17.0 Å². The molecule has 0 radical (unpaired) electrons. The zero-order valence-corrected chi connectivity index (χ0v) is 15.9. The van der Waals surface area contributed by atoms with Gasteiger partial charge in [0.05, 0.1) is 4.90 Å². The number of halogens is 1. The van der Waals surface area contributed by atoms with Crippen molar-refractivity contribution in [1.29, 1.82) is 0 Å². The van der Waals surface area contributed by atoms with Crippen molar-refractivity contribution in [2.75, 3.05) is 26.2 Å². The Labute approximate surface area is 157 Å². The first-order valence-electron chi connectivity index (χ1n) is 7.68. The number of amides is 1.